The summed E-state index contributed by atoms with van der Waals surface area (Å²) >= 11 is 0. The zero-order chi connectivity index (χ0) is 18.1. The van der Waals surface area contributed by atoms with Crippen molar-refractivity contribution in [2.75, 3.05) is 12.4 Å². The largest absolute Gasteiger partial charge is 0.465 e. The summed E-state index contributed by atoms with van der Waals surface area (Å²) in [4.78, 5) is 22.0. The SMILES string of the molecule is COC(=O)c1cc([N+](=O)[O-])c(F)cc1NC1CC(C)CC(C)(C)C1. The van der Waals surface area contributed by atoms with Crippen LogP contribution in [0.1, 0.15) is 50.4 Å². The predicted molar refractivity (Wildman–Crippen MR) is 88.6 cm³/mol. The van der Waals surface area contributed by atoms with Gasteiger partial charge < -0.3 is 10.1 Å². The van der Waals surface area contributed by atoms with E-state index in [0.29, 0.717) is 5.92 Å². The number of nitrogens with zero attached hydrogens (tertiary/aromatic N) is 1. The molecule has 132 valence electrons. The van der Waals surface area contributed by atoms with E-state index >= 15 is 0 Å². The van der Waals surface area contributed by atoms with Gasteiger partial charge in [0.15, 0.2) is 0 Å². The van der Waals surface area contributed by atoms with Gasteiger partial charge in [0.2, 0.25) is 5.82 Å². The Balaban J connectivity index is 2.36. The number of hydrogen-bond acceptors (Lipinski definition) is 5. The maximum absolute atomic E-state index is 14.0. The van der Waals surface area contributed by atoms with Gasteiger partial charge in [-0.1, -0.05) is 20.8 Å². The third-order valence-electron chi connectivity index (χ3n) is 4.44. The zero-order valence-corrected chi connectivity index (χ0v) is 14.4. The van der Waals surface area contributed by atoms with Crippen LogP contribution in [0.3, 0.4) is 0 Å². The fourth-order valence-electron chi connectivity index (χ4n) is 3.78. The first kappa shape index (κ1) is 18.2. The molecule has 2 atom stereocenters. The minimum Gasteiger partial charge on any atom is -0.465 e. The molecule has 0 saturated heterocycles. The van der Waals surface area contributed by atoms with Gasteiger partial charge in [-0.15, -0.1) is 0 Å². The Morgan fingerprint density at radius 2 is 2.08 bits per heavy atom. The Labute approximate surface area is 140 Å². The van der Waals surface area contributed by atoms with Crippen molar-refractivity contribution in [3.63, 3.8) is 0 Å². The molecule has 2 rings (SSSR count). The van der Waals surface area contributed by atoms with Crippen LogP contribution in [-0.4, -0.2) is 24.0 Å². The highest BCUT2D eigenvalue weighted by atomic mass is 19.1. The minimum atomic E-state index is -0.974. The number of rotatable bonds is 4. The average Bonchev–Trinajstić information content (AvgIpc) is 2.44. The van der Waals surface area contributed by atoms with Crippen LogP contribution in [0.15, 0.2) is 12.1 Å². The number of nitro groups is 1. The van der Waals surface area contributed by atoms with Gasteiger partial charge in [0, 0.05) is 18.2 Å². The summed E-state index contributed by atoms with van der Waals surface area (Å²) in [5, 5.41) is 14.1. The van der Waals surface area contributed by atoms with Gasteiger partial charge in [-0.25, -0.2) is 4.79 Å². The van der Waals surface area contributed by atoms with E-state index in [-0.39, 0.29) is 22.7 Å². The van der Waals surface area contributed by atoms with Crippen LogP contribution in [0.25, 0.3) is 0 Å². The van der Waals surface area contributed by atoms with E-state index in [1.165, 1.54) is 7.11 Å². The molecule has 1 aromatic carbocycles. The molecule has 24 heavy (non-hydrogen) atoms. The molecule has 1 saturated carbocycles. The Morgan fingerprint density at radius 3 is 2.62 bits per heavy atom. The van der Waals surface area contributed by atoms with Gasteiger partial charge in [0.1, 0.15) is 0 Å². The fourth-order valence-corrected chi connectivity index (χ4v) is 3.78. The number of nitro benzene ring substituents is 1. The topological polar surface area (TPSA) is 81.5 Å². The molecule has 0 aromatic heterocycles. The standard InChI is InChI=1S/C17H23FN2O4/c1-10-5-11(9-17(2,3)8-10)19-14-7-13(18)15(20(22)23)6-12(14)16(21)24-4/h6-7,10-11,19H,5,8-9H2,1-4H3. The second-order valence-corrected chi connectivity index (χ2v) is 7.35. The lowest BCUT2D eigenvalue weighted by atomic mass is 9.70. The number of halogens is 1. The Morgan fingerprint density at radius 1 is 1.42 bits per heavy atom. The number of benzene rings is 1. The smallest absolute Gasteiger partial charge is 0.340 e. The predicted octanol–water partition coefficient (Wildman–Crippen LogP) is 4.15. The molecular formula is C17H23FN2O4. The Bertz CT molecular complexity index is 660. The molecule has 0 heterocycles. The number of ether oxygens (including phenoxy) is 1. The first-order valence-corrected chi connectivity index (χ1v) is 7.96. The molecule has 0 bridgehead atoms. The number of nitrogens with one attached hydrogen (secondary N) is 1. The highest BCUT2D eigenvalue weighted by molar-refractivity contribution is 5.96. The molecule has 6 nitrogen and oxygen atoms in total. The van der Waals surface area contributed by atoms with Crippen molar-refractivity contribution in [1.82, 2.24) is 0 Å². The van der Waals surface area contributed by atoms with E-state index in [1.807, 2.05) is 0 Å². The lowest BCUT2D eigenvalue weighted by molar-refractivity contribution is -0.387. The molecule has 7 heteroatoms. The van der Waals surface area contributed by atoms with Gasteiger partial charge in [-0.3, -0.25) is 10.1 Å². The minimum absolute atomic E-state index is 0.0263. The van der Waals surface area contributed by atoms with Crippen molar-refractivity contribution in [1.29, 1.82) is 0 Å². The monoisotopic (exact) mass is 338 g/mol. The van der Waals surface area contributed by atoms with Crippen molar-refractivity contribution < 1.29 is 18.8 Å². The number of methoxy groups -OCH3 is 1. The van der Waals surface area contributed by atoms with Crippen molar-refractivity contribution in [2.45, 2.75) is 46.1 Å². The van der Waals surface area contributed by atoms with E-state index in [1.54, 1.807) is 0 Å². The summed E-state index contributed by atoms with van der Waals surface area (Å²) in [6, 6.07) is 2.00. The van der Waals surface area contributed by atoms with E-state index < -0.39 is 22.4 Å². The molecule has 0 radical (unpaired) electrons. The number of esters is 1. The van der Waals surface area contributed by atoms with E-state index in [9.17, 15) is 19.3 Å². The fraction of sp³-hybridized carbons (Fsp3) is 0.588. The maximum atomic E-state index is 14.0. The summed E-state index contributed by atoms with van der Waals surface area (Å²) in [6.07, 6.45) is 2.86. The first-order valence-electron chi connectivity index (χ1n) is 7.96. The second-order valence-electron chi connectivity index (χ2n) is 7.35. The molecule has 1 aliphatic rings. The molecule has 0 amide bonds. The van der Waals surface area contributed by atoms with Crippen LogP contribution < -0.4 is 5.32 Å². The zero-order valence-electron chi connectivity index (χ0n) is 14.4. The third-order valence-corrected chi connectivity index (χ3v) is 4.44. The van der Waals surface area contributed by atoms with Crippen molar-refractivity contribution in [2.24, 2.45) is 11.3 Å². The summed E-state index contributed by atoms with van der Waals surface area (Å²) in [5.74, 6) is -1.21. The number of carbonyl (C=O) groups is 1. The summed E-state index contributed by atoms with van der Waals surface area (Å²) in [6.45, 7) is 6.51. The lowest BCUT2D eigenvalue weighted by Crippen LogP contribution is -2.36. The summed E-state index contributed by atoms with van der Waals surface area (Å²) in [7, 11) is 1.19. The van der Waals surface area contributed by atoms with Crippen molar-refractivity contribution in [3.05, 3.63) is 33.6 Å². The molecule has 1 aromatic rings. The highest BCUT2D eigenvalue weighted by Crippen LogP contribution is 2.40. The van der Waals surface area contributed by atoms with E-state index in [0.717, 1.165) is 31.4 Å². The average molecular weight is 338 g/mol. The molecule has 0 spiro atoms. The Kier molecular flexibility index (Phi) is 5.11. The third kappa shape index (κ3) is 4.01. The maximum Gasteiger partial charge on any atom is 0.340 e. The number of anilines is 1. The number of carbonyl (C=O) groups excluding carboxylic acids is 1. The molecule has 1 fully saturated rings. The van der Waals surface area contributed by atoms with Crippen LogP contribution in [0.2, 0.25) is 0 Å². The Hall–Kier alpha value is -2.18. The molecule has 0 aliphatic heterocycles. The summed E-state index contributed by atoms with van der Waals surface area (Å²) in [5.41, 5.74) is -0.389. The van der Waals surface area contributed by atoms with Crippen LogP contribution in [0.4, 0.5) is 15.8 Å². The summed E-state index contributed by atoms with van der Waals surface area (Å²) < 4.78 is 18.7. The van der Waals surface area contributed by atoms with Crippen molar-refractivity contribution in [3.8, 4) is 0 Å². The van der Waals surface area contributed by atoms with Gasteiger partial charge in [0.25, 0.3) is 0 Å². The van der Waals surface area contributed by atoms with Crippen LogP contribution in [0, 0.1) is 27.3 Å². The normalized spacial score (nSPS) is 22.7. The van der Waals surface area contributed by atoms with Gasteiger partial charge in [-0.2, -0.15) is 4.39 Å². The van der Waals surface area contributed by atoms with Gasteiger partial charge in [-0.05, 0) is 30.6 Å². The molecule has 2 unspecified atom stereocenters. The lowest BCUT2D eigenvalue weighted by Gasteiger charge is -2.39. The molecular weight excluding hydrogens is 315 g/mol. The van der Waals surface area contributed by atoms with E-state index in [2.05, 4.69) is 30.8 Å². The van der Waals surface area contributed by atoms with E-state index in [4.69, 9.17) is 0 Å². The quantitative estimate of drug-likeness (QED) is 0.507. The second kappa shape index (κ2) is 6.75. The van der Waals surface area contributed by atoms with Gasteiger partial charge >= 0.3 is 11.7 Å². The van der Waals surface area contributed by atoms with Crippen LogP contribution in [-0.2, 0) is 4.74 Å². The van der Waals surface area contributed by atoms with Crippen LogP contribution in [0.5, 0.6) is 0 Å². The number of hydrogen-bond donors (Lipinski definition) is 1. The highest BCUT2D eigenvalue weighted by Gasteiger charge is 2.33. The molecule has 1 N–H and O–H groups in total. The van der Waals surface area contributed by atoms with Gasteiger partial charge in [0.05, 0.1) is 23.3 Å². The van der Waals surface area contributed by atoms with Crippen molar-refractivity contribution >= 4 is 17.3 Å². The first-order chi connectivity index (χ1) is 11.1. The molecule has 1 aliphatic carbocycles. The van der Waals surface area contributed by atoms with Crippen LogP contribution >= 0.6 is 0 Å².